The van der Waals surface area contributed by atoms with Crippen LogP contribution in [0.25, 0.3) is 0 Å². The molecule has 0 N–H and O–H groups in total. The van der Waals surface area contributed by atoms with Crippen molar-refractivity contribution in [1.82, 2.24) is 0 Å². The lowest BCUT2D eigenvalue weighted by molar-refractivity contribution is -0.537. The van der Waals surface area contributed by atoms with Gasteiger partial charge in [0.1, 0.15) is 0 Å². The second-order valence-electron chi connectivity index (χ2n) is 4.17. The molecule has 0 amide bonds. The quantitative estimate of drug-likeness (QED) is 0.409. The van der Waals surface area contributed by atoms with E-state index in [1.54, 1.807) is 0 Å². The molecule has 2 unspecified atom stereocenters. The Morgan fingerprint density at radius 1 is 0.800 bits per heavy atom. The van der Waals surface area contributed by atoms with Gasteiger partial charge in [0, 0.05) is 0 Å². The lowest BCUT2D eigenvalue weighted by Gasteiger charge is -2.13. The summed E-state index contributed by atoms with van der Waals surface area (Å²) < 4.78 is 0. The molecule has 0 radical (unpaired) electrons. The maximum atomic E-state index is 5.07. The molecule has 0 spiro atoms. The Morgan fingerprint density at radius 3 is 1.53 bits per heavy atom. The van der Waals surface area contributed by atoms with Gasteiger partial charge in [-0.3, -0.25) is 0 Å². The van der Waals surface area contributed by atoms with Crippen molar-refractivity contribution in [2.45, 2.75) is 78.4 Å². The van der Waals surface area contributed by atoms with Gasteiger partial charge in [0.05, 0.1) is 12.2 Å². The summed E-state index contributed by atoms with van der Waals surface area (Å²) in [7, 11) is 0. The van der Waals surface area contributed by atoms with Gasteiger partial charge in [0.15, 0.2) is 0 Å². The lowest BCUT2D eigenvalue weighted by Crippen LogP contribution is -2.14. The first kappa shape index (κ1) is 14.9. The fourth-order valence-electron chi connectivity index (χ4n) is 1.24. The Morgan fingerprint density at radius 2 is 1.20 bits per heavy atom. The van der Waals surface area contributed by atoms with Crippen LogP contribution in [0.3, 0.4) is 0 Å². The van der Waals surface area contributed by atoms with Crippen molar-refractivity contribution in [3.8, 4) is 0 Å². The third-order valence-corrected chi connectivity index (χ3v) is 2.34. The highest BCUT2D eigenvalue weighted by Crippen LogP contribution is 2.08. The maximum Gasteiger partial charge on any atom is 0.0933 e. The van der Waals surface area contributed by atoms with E-state index in [1.807, 2.05) is 13.8 Å². The van der Waals surface area contributed by atoms with Crippen molar-refractivity contribution in [1.29, 1.82) is 0 Å². The summed E-state index contributed by atoms with van der Waals surface area (Å²) in [5.41, 5.74) is 0. The fraction of sp³-hybridized carbons (Fsp3) is 1.00. The summed E-state index contributed by atoms with van der Waals surface area (Å²) in [5.74, 6) is 0. The smallest absolute Gasteiger partial charge is 0.0933 e. The summed E-state index contributed by atoms with van der Waals surface area (Å²) in [6.45, 7) is 8.32. The molecular formula is C12H26O3. The third kappa shape index (κ3) is 10.2. The van der Waals surface area contributed by atoms with E-state index in [9.17, 15) is 0 Å². The van der Waals surface area contributed by atoms with E-state index in [1.165, 1.54) is 12.8 Å². The van der Waals surface area contributed by atoms with Gasteiger partial charge in [-0.15, -0.1) is 0 Å². The topological polar surface area (TPSA) is 27.7 Å². The van der Waals surface area contributed by atoms with Crippen molar-refractivity contribution in [3.63, 3.8) is 0 Å². The van der Waals surface area contributed by atoms with Crippen molar-refractivity contribution in [3.05, 3.63) is 0 Å². The van der Waals surface area contributed by atoms with E-state index >= 15 is 0 Å². The molecule has 0 aromatic heterocycles. The predicted molar refractivity (Wildman–Crippen MR) is 61.2 cm³/mol. The van der Waals surface area contributed by atoms with Crippen LogP contribution in [-0.2, 0) is 14.8 Å². The standard InChI is InChI=1S/C12H26O3/c1-5-7-9-11(3)13-15-14-12(4)10-8-6-2/h11-12H,5-10H2,1-4H3. The molecule has 0 aromatic rings. The minimum absolute atomic E-state index is 0.114. The summed E-state index contributed by atoms with van der Waals surface area (Å²) >= 11 is 0. The van der Waals surface area contributed by atoms with Crippen LogP contribution in [-0.4, -0.2) is 12.2 Å². The fourth-order valence-corrected chi connectivity index (χ4v) is 1.24. The van der Waals surface area contributed by atoms with Crippen molar-refractivity contribution < 1.29 is 14.8 Å². The van der Waals surface area contributed by atoms with Crippen molar-refractivity contribution >= 4 is 0 Å². The van der Waals surface area contributed by atoms with Crippen LogP contribution < -0.4 is 0 Å². The van der Waals surface area contributed by atoms with E-state index in [0.717, 1.165) is 25.7 Å². The molecule has 0 aliphatic rings. The molecule has 3 heteroatoms. The van der Waals surface area contributed by atoms with Crippen LogP contribution >= 0.6 is 0 Å². The maximum absolute atomic E-state index is 5.07. The molecule has 0 heterocycles. The van der Waals surface area contributed by atoms with E-state index in [0.29, 0.717) is 0 Å². The van der Waals surface area contributed by atoms with Crippen LogP contribution in [0.4, 0.5) is 0 Å². The molecule has 0 fully saturated rings. The van der Waals surface area contributed by atoms with Gasteiger partial charge in [-0.2, -0.15) is 0 Å². The average Bonchev–Trinajstić information content (AvgIpc) is 2.23. The first-order valence-electron chi connectivity index (χ1n) is 6.19. The highest BCUT2D eigenvalue weighted by atomic mass is 17.5. The zero-order valence-corrected chi connectivity index (χ0v) is 10.6. The second-order valence-corrected chi connectivity index (χ2v) is 4.17. The normalized spacial score (nSPS) is 15.2. The Labute approximate surface area is 94.0 Å². The molecule has 2 atom stereocenters. The lowest BCUT2D eigenvalue weighted by atomic mass is 10.2. The van der Waals surface area contributed by atoms with Gasteiger partial charge in [-0.05, 0) is 26.7 Å². The molecule has 92 valence electrons. The van der Waals surface area contributed by atoms with Gasteiger partial charge in [0.25, 0.3) is 0 Å². The van der Waals surface area contributed by atoms with Crippen LogP contribution in [0, 0.1) is 0 Å². The van der Waals surface area contributed by atoms with Crippen molar-refractivity contribution in [2.75, 3.05) is 0 Å². The van der Waals surface area contributed by atoms with Gasteiger partial charge < -0.3 is 0 Å². The molecule has 3 nitrogen and oxygen atoms in total. The van der Waals surface area contributed by atoms with Crippen LogP contribution in [0.15, 0.2) is 0 Å². The summed E-state index contributed by atoms with van der Waals surface area (Å²) in [5, 5.41) is 4.75. The molecule has 15 heavy (non-hydrogen) atoms. The number of hydrogen-bond acceptors (Lipinski definition) is 3. The summed E-state index contributed by atoms with van der Waals surface area (Å²) in [6, 6.07) is 0. The highest BCUT2D eigenvalue weighted by Gasteiger charge is 2.06. The number of hydrogen-bond donors (Lipinski definition) is 0. The first-order chi connectivity index (χ1) is 7.20. The summed E-state index contributed by atoms with van der Waals surface area (Å²) in [4.78, 5) is 10.1. The molecular weight excluding hydrogens is 192 g/mol. The number of unbranched alkanes of at least 4 members (excludes halogenated alkanes) is 2. The Hall–Kier alpha value is -0.120. The van der Waals surface area contributed by atoms with Crippen LogP contribution in [0.5, 0.6) is 0 Å². The monoisotopic (exact) mass is 218 g/mol. The zero-order valence-electron chi connectivity index (χ0n) is 10.6. The zero-order chi connectivity index (χ0) is 11.5. The van der Waals surface area contributed by atoms with E-state index in [4.69, 9.17) is 14.8 Å². The number of rotatable bonds is 10. The van der Waals surface area contributed by atoms with Crippen LogP contribution in [0.2, 0.25) is 0 Å². The van der Waals surface area contributed by atoms with Gasteiger partial charge >= 0.3 is 0 Å². The highest BCUT2D eigenvalue weighted by molar-refractivity contribution is 4.47. The molecule has 0 bridgehead atoms. The molecule has 0 rings (SSSR count). The molecule has 0 aliphatic heterocycles. The van der Waals surface area contributed by atoms with Crippen LogP contribution in [0.1, 0.15) is 66.2 Å². The third-order valence-electron chi connectivity index (χ3n) is 2.34. The van der Waals surface area contributed by atoms with Crippen molar-refractivity contribution in [2.24, 2.45) is 0 Å². The second kappa shape index (κ2) is 10.4. The van der Waals surface area contributed by atoms with E-state index in [-0.39, 0.29) is 12.2 Å². The summed E-state index contributed by atoms with van der Waals surface area (Å²) in [6.07, 6.45) is 6.95. The minimum Gasteiger partial charge on any atom is -0.203 e. The minimum atomic E-state index is 0.114. The SMILES string of the molecule is CCCCC(C)OOOC(C)CCCC. The first-order valence-corrected chi connectivity index (χ1v) is 6.19. The van der Waals surface area contributed by atoms with Gasteiger partial charge in [0.2, 0.25) is 0 Å². The average molecular weight is 218 g/mol. The van der Waals surface area contributed by atoms with Gasteiger partial charge in [-0.25, -0.2) is 9.78 Å². The molecule has 0 saturated heterocycles. The largest absolute Gasteiger partial charge is 0.203 e. The Kier molecular flexibility index (Phi) is 10.3. The molecule has 0 saturated carbocycles. The Balaban J connectivity index is 3.27. The van der Waals surface area contributed by atoms with E-state index in [2.05, 4.69) is 13.8 Å². The predicted octanol–water partition coefficient (Wildman–Crippen LogP) is 4.02. The molecule has 0 aromatic carbocycles. The Bertz CT molecular complexity index is 114. The van der Waals surface area contributed by atoms with Gasteiger partial charge in [-0.1, -0.05) is 44.6 Å². The molecule has 0 aliphatic carbocycles. The van der Waals surface area contributed by atoms with E-state index < -0.39 is 0 Å².